The van der Waals surface area contributed by atoms with Crippen molar-refractivity contribution in [2.75, 3.05) is 25.6 Å². The van der Waals surface area contributed by atoms with Crippen LogP contribution >= 0.6 is 0 Å². The van der Waals surface area contributed by atoms with Crippen LogP contribution in [-0.2, 0) is 4.79 Å². The number of hydrogen-bond acceptors (Lipinski definition) is 5. The zero-order valence-corrected chi connectivity index (χ0v) is 21.3. The van der Waals surface area contributed by atoms with Gasteiger partial charge < -0.3 is 23.9 Å². The average Bonchev–Trinajstić information content (AvgIpc) is 3.30. The van der Waals surface area contributed by atoms with Gasteiger partial charge in [-0.25, -0.2) is 0 Å². The summed E-state index contributed by atoms with van der Waals surface area (Å²) in [7, 11) is 1.59. The molecule has 0 radical (unpaired) electrons. The van der Waals surface area contributed by atoms with Gasteiger partial charge in [0.2, 0.25) is 5.91 Å². The van der Waals surface area contributed by atoms with E-state index in [4.69, 9.17) is 18.6 Å². The van der Waals surface area contributed by atoms with Crippen LogP contribution in [0.1, 0.15) is 31.9 Å². The number of anilines is 1. The molecule has 0 spiro atoms. The van der Waals surface area contributed by atoms with Crippen molar-refractivity contribution in [3.05, 3.63) is 78.1 Å². The largest absolute Gasteiger partial charge is 0.497 e. The number of ether oxygens (including phenoxy) is 3. The molecule has 0 aliphatic carbocycles. The van der Waals surface area contributed by atoms with Gasteiger partial charge in [-0.1, -0.05) is 18.2 Å². The van der Waals surface area contributed by atoms with Crippen molar-refractivity contribution in [1.82, 2.24) is 0 Å². The van der Waals surface area contributed by atoms with E-state index in [1.54, 1.807) is 25.5 Å². The summed E-state index contributed by atoms with van der Waals surface area (Å²) in [6.45, 7) is 8.90. The number of hydrogen-bond donors (Lipinski definition) is 1. The van der Waals surface area contributed by atoms with Crippen molar-refractivity contribution < 1.29 is 23.4 Å². The van der Waals surface area contributed by atoms with Gasteiger partial charge in [0, 0.05) is 39.9 Å². The Kier molecular flexibility index (Phi) is 7.64. The van der Waals surface area contributed by atoms with E-state index in [0.29, 0.717) is 30.4 Å². The van der Waals surface area contributed by atoms with E-state index >= 15 is 0 Å². The molecule has 1 heterocycles. The molecule has 0 saturated heterocycles. The Balaban J connectivity index is 1.73. The molecule has 6 heteroatoms. The van der Waals surface area contributed by atoms with Crippen molar-refractivity contribution in [3.63, 3.8) is 0 Å². The number of allylic oxidation sites excluding steroid dienone is 1. The monoisotopic (exact) mass is 485 g/mol. The van der Waals surface area contributed by atoms with Crippen LogP contribution in [0.4, 0.5) is 5.69 Å². The molecule has 0 atom stereocenters. The number of fused-ring (bicyclic) bond motifs is 1. The van der Waals surface area contributed by atoms with Gasteiger partial charge in [0.25, 0.3) is 0 Å². The van der Waals surface area contributed by atoms with Gasteiger partial charge >= 0.3 is 0 Å². The molecule has 0 bridgehead atoms. The van der Waals surface area contributed by atoms with Gasteiger partial charge in [-0.3, -0.25) is 4.79 Å². The van der Waals surface area contributed by atoms with Gasteiger partial charge in [0.1, 0.15) is 22.8 Å². The molecule has 0 fully saturated rings. The van der Waals surface area contributed by atoms with Gasteiger partial charge in [0.05, 0.1) is 26.6 Å². The molecule has 1 N–H and O–H groups in total. The van der Waals surface area contributed by atoms with Gasteiger partial charge in [-0.2, -0.15) is 0 Å². The summed E-state index contributed by atoms with van der Waals surface area (Å²) in [4.78, 5) is 12.8. The molecule has 0 aliphatic heterocycles. The molecule has 1 amide bonds. The molecule has 4 rings (SSSR count). The number of furan rings is 1. The quantitative estimate of drug-likeness (QED) is 0.253. The van der Waals surface area contributed by atoms with E-state index in [0.717, 1.165) is 44.5 Å². The number of methoxy groups -OCH3 is 1. The minimum absolute atomic E-state index is 0.236. The first-order valence-electron chi connectivity index (χ1n) is 12.0. The SMILES string of the molecule is CCOc1ccc(-c2coc3c(C)c(OCC)c(/C(C)=C/C(=O)Nc4cccc(OC)c4)cc23)cc1. The minimum Gasteiger partial charge on any atom is -0.497 e. The Hall–Kier alpha value is -4.19. The fourth-order valence-corrected chi connectivity index (χ4v) is 4.21. The number of nitrogens with one attached hydrogen (secondary N) is 1. The zero-order valence-electron chi connectivity index (χ0n) is 21.3. The third-order valence-corrected chi connectivity index (χ3v) is 5.92. The minimum atomic E-state index is -0.236. The van der Waals surface area contributed by atoms with Gasteiger partial charge in [0.15, 0.2) is 0 Å². The fraction of sp³-hybridized carbons (Fsp3) is 0.233. The summed E-state index contributed by atoms with van der Waals surface area (Å²) in [5, 5.41) is 3.86. The maximum absolute atomic E-state index is 12.8. The highest BCUT2D eigenvalue weighted by Gasteiger charge is 2.19. The first-order chi connectivity index (χ1) is 17.4. The molecule has 0 aliphatic rings. The molecule has 1 aromatic heterocycles. The summed E-state index contributed by atoms with van der Waals surface area (Å²) in [5.41, 5.74) is 5.92. The predicted octanol–water partition coefficient (Wildman–Crippen LogP) is 7.26. The van der Waals surface area contributed by atoms with Crippen LogP contribution in [0.25, 0.3) is 27.7 Å². The lowest BCUT2D eigenvalue weighted by Gasteiger charge is -2.15. The predicted molar refractivity (Wildman–Crippen MR) is 144 cm³/mol. The Bertz CT molecular complexity index is 1400. The normalized spacial score (nSPS) is 11.4. The maximum Gasteiger partial charge on any atom is 0.248 e. The Morgan fingerprint density at radius 3 is 2.44 bits per heavy atom. The molecule has 36 heavy (non-hydrogen) atoms. The standard InChI is InChI=1S/C30H31NO5/c1-6-34-23-13-11-21(12-14-23)27-18-36-30-20(4)29(35-7-2)25(17-26(27)30)19(3)15-28(32)31-22-9-8-10-24(16-22)33-5/h8-18H,6-7H2,1-5H3,(H,31,32)/b19-15+. The Labute approximate surface area is 211 Å². The summed E-state index contributed by atoms with van der Waals surface area (Å²) in [5.74, 6) is 1.97. The molecule has 0 unspecified atom stereocenters. The van der Waals surface area contributed by atoms with Gasteiger partial charge in [-0.05, 0) is 69.2 Å². The van der Waals surface area contributed by atoms with Crippen LogP contribution in [0.3, 0.4) is 0 Å². The summed E-state index contributed by atoms with van der Waals surface area (Å²) in [6.07, 6.45) is 3.35. The first kappa shape index (κ1) is 24.9. The Morgan fingerprint density at radius 2 is 1.75 bits per heavy atom. The van der Waals surface area contributed by atoms with Crippen molar-refractivity contribution in [1.29, 1.82) is 0 Å². The molecule has 4 aromatic rings. The molecule has 3 aromatic carbocycles. The second-order valence-electron chi connectivity index (χ2n) is 8.34. The fourth-order valence-electron chi connectivity index (χ4n) is 4.21. The summed E-state index contributed by atoms with van der Waals surface area (Å²) >= 11 is 0. The number of carbonyl (C=O) groups excluding carboxylic acids is 1. The molecular weight excluding hydrogens is 454 g/mol. The summed E-state index contributed by atoms with van der Waals surface area (Å²) < 4.78 is 22.8. The number of amides is 1. The average molecular weight is 486 g/mol. The van der Waals surface area contributed by atoms with Crippen molar-refractivity contribution in [2.45, 2.75) is 27.7 Å². The van der Waals surface area contributed by atoms with Gasteiger partial charge in [-0.15, -0.1) is 0 Å². The first-order valence-corrected chi connectivity index (χ1v) is 12.0. The third-order valence-electron chi connectivity index (χ3n) is 5.92. The smallest absolute Gasteiger partial charge is 0.248 e. The Morgan fingerprint density at radius 1 is 1.00 bits per heavy atom. The van der Waals surface area contributed by atoms with Crippen LogP contribution in [0.5, 0.6) is 17.2 Å². The highest BCUT2D eigenvalue weighted by Crippen LogP contribution is 2.41. The maximum atomic E-state index is 12.8. The second kappa shape index (κ2) is 11.0. The number of benzene rings is 3. The number of carbonyl (C=O) groups is 1. The topological polar surface area (TPSA) is 69.9 Å². The molecule has 0 saturated carbocycles. The van der Waals surface area contributed by atoms with Crippen LogP contribution < -0.4 is 19.5 Å². The third kappa shape index (κ3) is 5.23. The lowest BCUT2D eigenvalue weighted by molar-refractivity contribution is -0.111. The number of aryl methyl sites for hydroxylation is 1. The second-order valence-corrected chi connectivity index (χ2v) is 8.34. The molecule has 6 nitrogen and oxygen atoms in total. The van der Waals surface area contributed by atoms with E-state index in [9.17, 15) is 4.79 Å². The van der Waals surface area contributed by atoms with Crippen molar-refractivity contribution in [3.8, 4) is 28.4 Å². The highest BCUT2D eigenvalue weighted by atomic mass is 16.5. The summed E-state index contributed by atoms with van der Waals surface area (Å²) in [6, 6.07) is 17.2. The lowest BCUT2D eigenvalue weighted by atomic mass is 9.96. The zero-order chi connectivity index (χ0) is 25.7. The van der Waals surface area contributed by atoms with E-state index in [-0.39, 0.29) is 5.91 Å². The van der Waals surface area contributed by atoms with E-state index in [2.05, 4.69) is 5.32 Å². The van der Waals surface area contributed by atoms with E-state index in [1.807, 2.05) is 76.2 Å². The van der Waals surface area contributed by atoms with E-state index < -0.39 is 0 Å². The van der Waals surface area contributed by atoms with Crippen molar-refractivity contribution >= 4 is 28.1 Å². The molecular formula is C30H31NO5. The van der Waals surface area contributed by atoms with Crippen molar-refractivity contribution in [2.24, 2.45) is 0 Å². The van der Waals surface area contributed by atoms with Crippen LogP contribution in [0.2, 0.25) is 0 Å². The van der Waals surface area contributed by atoms with Crippen LogP contribution in [0, 0.1) is 6.92 Å². The highest BCUT2D eigenvalue weighted by molar-refractivity contribution is 6.06. The molecule has 186 valence electrons. The van der Waals surface area contributed by atoms with Crippen LogP contribution in [0.15, 0.2) is 71.4 Å². The van der Waals surface area contributed by atoms with E-state index in [1.165, 1.54) is 0 Å². The number of rotatable bonds is 9. The van der Waals surface area contributed by atoms with Crippen LogP contribution in [-0.4, -0.2) is 26.2 Å². The lowest BCUT2D eigenvalue weighted by Crippen LogP contribution is -2.09.